The van der Waals surface area contributed by atoms with Gasteiger partial charge in [-0.3, -0.25) is 9.59 Å². The van der Waals surface area contributed by atoms with Crippen LogP contribution in [0.25, 0.3) is 0 Å². The second kappa shape index (κ2) is 11.7. The average Bonchev–Trinajstić information content (AvgIpc) is 2.67. The lowest BCUT2D eigenvalue weighted by molar-refractivity contribution is -0.142. The van der Waals surface area contributed by atoms with E-state index in [-0.39, 0.29) is 31.1 Å². The minimum absolute atomic E-state index is 0.00296. The van der Waals surface area contributed by atoms with Crippen LogP contribution in [0.2, 0.25) is 0 Å². The third-order valence-corrected chi connectivity index (χ3v) is 4.16. The van der Waals surface area contributed by atoms with Crippen LogP contribution in [0.1, 0.15) is 45.6 Å². The summed E-state index contributed by atoms with van der Waals surface area (Å²) in [6.45, 7) is 5.18. The number of rotatable bonds is 11. The molecule has 1 aromatic carbocycles. The van der Waals surface area contributed by atoms with Gasteiger partial charge >= 0.3 is 12.1 Å². The number of hydrogen-bond donors (Lipinski definition) is 3. The third-order valence-electron chi connectivity index (χ3n) is 4.16. The first-order chi connectivity index (χ1) is 13.2. The van der Waals surface area contributed by atoms with Crippen molar-refractivity contribution in [2.24, 2.45) is 5.92 Å². The maximum absolute atomic E-state index is 12.5. The molecule has 0 heterocycles. The zero-order chi connectivity index (χ0) is 21.1. The smallest absolute Gasteiger partial charge is 0.408 e. The number of carboxylic acid groups (broad SMARTS) is 1. The summed E-state index contributed by atoms with van der Waals surface area (Å²) in [6.07, 6.45) is -0.404. The number of benzene rings is 1. The lowest BCUT2D eigenvalue weighted by Gasteiger charge is -2.23. The van der Waals surface area contributed by atoms with Crippen molar-refractivity contribution in [3.63, 3.8) is 0 Å². The lowest BCUT2D eigenvalue weighted by atomic mass is 10.0. The molecule has 0 spiro atoms. The van der Waals surface area contributed by atoms with Gasteiger partial charge in [0.1, 0.15) is 24.5 Å². The van der Waals surface area contributed by atoms with Crippen LogP contribution in [0.3, 0.4) is 0 Å². The van der Waals surface area contributed by atoms with Crippen molar-refractivity contribution in [1.29, 1.82) is 0 Å². The van der Waals surface area contributed by atoms with Crippen LogP contribution in [-0.4, -0.2) is 40.9 Å². The molecule has 0 unspecified atom stereocenters. The van der Waals surface area contributed by atoms with Gasteiger partial charge in [0.15, 0.2) is 0 Å². The Morgan fingerprint density at radius 1 is 1.07 bits per heavy atom. The molecule has 3 N–H and O–H groups in total. The highest BCUT2D eigenvalue weighted by molar-refractivity contribution is 5.89. The Balaban J connectivity index is 2.64. The largest absolute Gasteiger partial charge is 0.480 e. The van der Waals surface area contributed by atoms with E-state index in [1.165, 1.54) is 0 Å². The van der Waals surface area contributed by atoms with E-state index in [2.05, 4.69) is 10.6 Å². The van der Waals surface area contributed by atoms with Crippen molar-refractivity contribution < 1.29 is 29.0 Å². The van der Waals surface area contributed by atoms with E-state index in [4.69, 9.17) is 4.74 Å². The predicted octanol–water partition coefficient (Wildman–Crippen LogP) is 2.27. The minimum atomic E-state index is -1.23. The van der Waals surface area contributed by atoms with Gasteiger partial charge in [0, 0.05) is 12.8 Å². The second-order valence-electron chi connectivity index (χ2n) is 6.76. The Hall–Kier alpha value is -2.90. The van der Waals surface area contributed by atoms with Crippen LogP contribution in [0, 0.1) is 5.92 Å². The number of carboxylic acids is 1. The van der Waals surface area contributed by atoms with Crippen LogP contribution in [0.5, 0.6) is 0 Å². The molecule has 0 aliphatic carbocycles. The zero-order valence-corrected chi connectivity index (χ0v) is 16.4. The third kappa shape index (κ3) is 8.20. The van der Waals surface area contributed by atoms with E-state index in [0.29, 0.717) is 6.42 Å². The van der Waals surface area contributed by atoms with Gasteiger partial charge in [0.25, 0.3) is 0 Å². The van der Waals surface area contributed by atoms with E-state index in [9.17, 15) is 24.3 Å². The molecule has 0 saturated heterocycles. The molecule has 28 heavy (non-hydrogen) atoms. The van der Waals surface area contributed by atoms with Crippen LogP contribution in [-0.2, 0) is 25.7 Å². The Kier molecular flexibility index (Phi) is 9.70. The van der Waals surface area contributed by atoms with Gasteiger partial charge in [-0.25, -0.2) is 9.59 Å². The molecule has 2 amide bonds. The molecular formula is C20H28N2O6. The quantitative estimate of drug-likeness (QED) is 0.531. The monoisotopic (exact) mass is 392 g/mol. The summed E-state index contributed by atoms with van der Waals surface area (Å²) in [5, 5.41) is 14.2. The molecule has 8 heteroatoms. The molecule has 0 bridgehead atoms. The number of carbonyl (C=O) groups is 4. The summed E-state index contributed by atoms with van der Waals surface area (Å²) in [7, 11) is 0. The fourth-order valence-corrected chi connectivity index (χ4v) is 2.43. The molecular weight excluding hydrogens is 364 g/mol. The van der Waals surface area contributed by atoms with Gasteiger partial charge in [0.05, 0.1) is 0 Å². The van der Waals surface area contributed by atoms with Gasteiger partial charge in [0.2, 0.25) is 5.91 Å². The van der Waals surface area contributed by atoms with Gasteiger partial charge in [-0.05, 0) is 17.9 Å². The maximum Gasteiger partial charge on any atom is 0.408 e. The molecule has 0 aliphatic rings. The molecule has 0 fully saturated rings. The number of ether oxygens (including phenoxy) is 1. The highest BCUT2D eigenvalue weighted by atomic mass is 16.5. The number of amides is 2. The van der Waals surface area contributed by atoms with Crippen molar-refractivity contribution in [1.82, 2.24) is 10.6 Å². The van der Waals surface area contributed by atoms with E-state index >= 15 is 0 Å². The summed E-state index contributed by atoms with van der Waals surface area (Å²) in [5.41, 5.74) is 0.801. The zero-order valence-electron chi connectivity index (χ0n) is 16.4. The van der Waals surface area contributed by atoms with Crippen LogP contribution in [0.4, 0.5) is 4.79 Å². The van der Waals surface area contributed by atoms with Crippen LogP contribution in [0.15, 0.2) is 30.3 Å². The summed E-state index contributed by atoms with van der Waals surface area (Å²) in [6, 6.07) is 6.91. The van der Waals surface area contributed by atoms with Crippen LogP contribution < -0.4 is 10.6 Å². The normalized spacial score (nSPS) is 12.7. The summed E-state index contributed by atoms with van der Waals surface area (Å²) in [4.78, 5) is 47.3. The number of aliphatic carboxylic acids is 1. The molecule has 0 radical (unpaired) electrons. The Bertz CT molecular complexity index is 675. The Morgan fingerprint density at radius 2 is 1.71 bits per heavy atom. The molecule has 0 aromatic heterocycles. The Labute approximate surface area is 164 Å². The fourth-order valence-electron chi connectivity index (χ4n) is 2.43. The SMILES string of the molecule is CCC(=O)CC[C@H](NC(=O)[C@@H](NC(=O)OCc1ccccc1)C(C)C)C(=O)O. The minimum Gasteiger partial charge on any atom is -0.480 e. The fraction of sp³-hybridized carbons (Fsp3) is 0.500. The summed E-state index contributed by atoms with van der Waals surface area (Å²) in [5.74, 6) is -2.24. The van der Waals surface area contributed by atoms with Crippen molar-refractivity contribution in [3.05, 3.63) is 35.9 Å². The van der Waals surface area contributed by atoms with Crippen LogP contribution >= 0.6 is 0 Å². The molecule has 2 atom stereocenters. The highest BCUT2D eigenvalue weighted by Crippen LogP contribution is 2.07. The number of nitrogens with one attached hydrogen (secondary N) is 2. The molecule has 154 valence electrons. The van der Waals surface area contributed by atoms with Crippen molar-refractivity contribution in [2.45, 2.75) is 58.7 Å². The lowest BCUT2D eigenvalue weighted by Crippen LogP contribution is -2.53. The Morgan fingerprint density at radius 3 is 2.25 bits per heavy atom. The van der Waals surface area contributed by atoms with Gasteiger partial charge in [-0.1, -0.05) is 51.1 Å². The molecule has 1 aromatic rings. The second-order valence-corrected chi connectivity index (χ2v) is 6.76. The number of Topliss-reactive ketones (excluding diaryl/α,β-unsaturated/α-hetero) is 1. The van der Waals surface area contributed by atoms with Crippen molar-refractivity contribution in [2.75, 3.05) is 0 Å². The van der Waals surface area contributed by atoms with Gasteiger partial charge in [-0.15, -0.1) is 0 Å². The number of ketones is 1. The van der Waals surface area contributed by atoms with Crippen molar-refractivity contribution in [3.8, 4) is 0 Å². The molecule has 1 rings (SSSR count). The van der Waals surface area contributed by atoms with Gasteiger partial charge in [-0.2, -0.15) is 0 Å². The average molecular weight is 392 g/mol. The van der Waals surface area contributed by atoms with Crippen molar-refractivity contribution >= 4 is 23.8 Å². The van der Waals surface area contributed by atoms with E-state index in [1.54, 1.807) is 32.9 Å². The topological polar surface area (TPSA) is 122 Å². The van der Waals surface area contributed by atoms with E-state index < -0.39 is 30.1 Å². The molecule has 8 nitrogen and oxygen atoms in total. The molecule has 0 aliphatic heterocycles. The number of carbonyl (C=O) groups excluding carboxylic acids is 3. The first-order valence-corrected chi connectivity index (χ1v) is 9.26. The predicted molar refractivity (Wildman–Crippen MR) is 102 cm³/mol. The summed E-state index contributed by atoms with van der Waals surface area (Å²) < 4.78 is 5.11. The number of hydrogen-bond acceptors (Lipinski definition) is 5. The highest BCUT2D eigenvalue weighted by Gasteiger charge is 2.29. The standard InChI is InChI=1S/C20H28N2O6/c1-4-15(23)10-11-16(19(25)26)21-18(24)17(13(2)3)22-20(27)28-12-14-8-6-5-7-9-14/h5-9,13,16-17H,4,10-12H2,1-3H3,(H,21,24)(H,22,27)(H,25,26)/t16-,17-/m0/s1. The van der Waals surface area contributed by atoms with E-state index in [1.807, 2.05) is 18.2 Å². The van der Waals surface area contributed by atoms with E-state index in [0.717, 1.165) is 5.56 Å². The summed E-state index contributed by atoms with van der Waals surface area (Å²) >= 11 is 0. The first-order valence-electron chi connectivity index (χ1n) is 9.26. The maximum atomic E-state index is 12.5. The molecule has 0 saturated carbocycles. The first kappa shape index (κ1) is 23.1. The van der Waals surface area contributed by atoms with Gasteiger partial charge < -0.3 is 20.5 Å². The number of alkyl carbamates (subject to hydrolysis) is 1.